The Labute approximate surface area is 233 Å². The lowest BCUT2D eigenvalue weighted by Crippen LogP contribution is -2.26. The van der Waals surface area contributed by atoms with E-state index in [1.54, 1.807) is 17.5 Å². The molecule has 0 aliphatic rings. The quantitative estimate of drug-likeness (QED) is 0.186. The summed E-state index contributed by atoms with van der Waals surface area (Å²) in [6.07, 6.45) is -4.56. The Morgan fingerprint density at radius 3 is 2.02 bits per heavy atom. The van der Waals surface area contributed by atoms with Crippen molar-refractivity contribution in [2.24, 2.45) is 0 Å². The maximum absolute atomic E-state index is 12.9. The minimum Gasteiger partial charge on any atom is -0.481 e. The minimum absolute atomic E-state index is 0.0353. The number of carbonyl (C=O) groups is 2. The van der Waals surface area contributed by atoms with Crippen LogP contribution in [0.5, 0.6) is 0 Å². The lowest BCUT2D eigenvalue weighted by molar-refractivity contribution is -0.138. The number of alkyl halides is 3. The number of benzene rings is 3. The van der Waals surface area contributed by atoms with Gasteiger partial charge < -0.3 is 15.7 Å². The first-order valence-corrected chi connectivity index (χ1v) is 13.5. The molecule has 4 rings (SSSR count). The zero-order chi connectivity index (χ0) is 28.9. The average molecular weight is 568 g/mol. The molecule has 0 saturated heterocycles. The fraction of sp³-hybridized carbons (Fsp3) is 0.233. The number of amides is 1. The number of aliphatic carboxylic acids is 1. The summed E-state index contributed by atoms with van der Waals surface area (Å²) in [6.45, 7) is 4.26. The number of nitrogens with zero attached hydrogens (tertiary/aromatic N) is 1. The molecule has 40 heavy (non-hydrogen) atoms. The van der Waals surface area contributed by atoms with E-state index in [4.69, 9.17) is 5.11 Å². The second-order valence-electron chi connectivity index (χ2n) is 9.53. The Hall–Kier alpha value is -4.18. The summed E-state index contributed by atoms with van der Waals surface area (Å²) in [5.74, 6) is -0.985. The summed E-state index contributed by atoms with van der Waals surface area (Å²) in [5.41, 5.74) is 3.85. The molecule has 1 aromatic heterocycles. The second-order valence-corrected chi connectivity index (χ2v) is 10.4. The SMILES string of the molecule is CC(C)c1ccc(C(Nc2nc(-c3ccc(C(F)(F)F)cc3)cs2)c2ccc(C(=O)NCCC(=O)O)cc2)cc1. The van der Waals surface area contributed by atoms with Crippen LogP contribution in [0.15, 0.2) is 78.2 Å². The Balaban J connectivity index is 1.58. The molecule has 10 heteroatoms. The Kier molecular flexibility index (Phi) is 8.89. The monoisotopic (exact) mass is 567 g/mol. The Bertz CT molecular complexity index is 1450. The maximum atomic E-state index is 12.9. The Morgan fingerprint density at radius 2 is 1.48 bits per heavy atom. The van der Waals surface area contributed by atoms with Gasteiger partial charge in [-0.1, -0.05) is 62.4 Å². The zero-order valence-corrected chi connectivity index (χ0v) is 22.6. The highest BCUT2D eigenvalue weighted by Gasteiger charge is 2.30. The van der Waals surface area contributed by atoms with Crippen molar-refractivity contribution in [3.8, 4) is 11.3 Å². The van der Waals surface area contributed by atoms with E-state index in [-0.39, 0.29) is 24.9 Å². The normalized spacial score (nSPS) is 12.2. The summed E-state index contributed by atoms with van der Waals surface area (Å²) in [6, 6.07) is 19.8. The van der Waals surface area contributed by atoms with Crippen LogP contribution in [0.2, 0.25) is 0 Å². The first-order chi connectivity index (χ1) is 19.0. The van der Waals surface area contributed by atoms with E-state index in [0.717, 1.165) is 23.3 Å². The summed E-state index contributed by atoms with van der Waals surface area (Å²) in [7, 11) is 0. The molecule has 0 bridgehead atoms. The van der Waals surface area contributed by atoms with Gasteiger partial charge in [0.05, 0.1) is 23.7 Å². The van der Waals surface area contributed by atoms with Crippen molar-refractivity contribution in [3.05, 3.63) is 106 Å². The number of halogens is 3. The van der Waals surface area contributed by atoms with Gasteiger partial charge in [-0.05, 0) is 46.9 Å². The highest BCUT2D eigenvalue weighted by molar-refractivity contribution is 7.14. The van der Waals surface area contributed by atoms with Gasteiger partial charge >= 0.3 is 12.1 Å². The van der Waals surface area contributed by atoms with Gasteiger partial charge in [0.1, 0.15) is 0 Å². The lowest BCUT2D eigenvalue weighted by atomic mass is 9.94. The van der Waals surface area contributed by atoms with Crippen molar-refractivity contribution >= 4 is 28.3 Å². The number of nitrogens with one attached hydrogen (secondary N) is 2. The van der Waals surface area contributed by atoms with Crippen LogP contribution < -0.4 is 10.6 Å². The van der Waals surface area contributed by atoms with E-state index >= 15 is 0 Å². The second kappa shape index (κ2) is 12.3. The topological polar surface area (TPSA) is 91.3 Å². The average Bonchev–Trinajstić information content (AvgIpc) is 3.40. The smallest absolute Gasteiger partial charge is 0.416 e. The minimum atomic E-state index is -4.40. The number of rotatable bonds is 10. The molecular weight excluding hydrogens is 539 g/mol. The van der Waals surface area contributed by atoms with E-state index in [0.29, 0.717) is 27.9 Å². The standard InChI is InChI=1S/C30H28F3N3O3S/c1-18(2)19-3-5-21(6-4-19)27(22-7-9-23(10-8-22)28(39)34-16-15-26(37)38)36-29-35-25(17-40-29)20-11-13-24(14-12-20)30(31,32)33/h3-14,17-18,27H,15-16H2,1-2H3,(H,34,39)(H,35,36)(H,37,38). The van der Waals surface area contributed by atoms with E-state index in [1.807, 2.05) is 24.3 Å². The number of thiazole rings is 1. The molecule has 1 heterocycles. The highest BCUT2D eigenvalue weighted by Crippen LogP contribution is 2.34. The number of hydrogen-bond acceptors (Lipinski definition) is 5. The molecule has 0 aliphatic carbocycles. The number of carboxylic acids is 1. The van der Waals surface area contributed by atoms with E-state index in [2.05, 4.69) is 41.6 Å². The molecule has 4 aromatic rings. The van der Waals surface area contributed by atoms with E-state index < -0.39 is 17.7 Å². The summed E-state index contributed by atoms with van der Waals surface area (Å²) in [5, 5.41) is 17.2. The first-order valence-electron chi connectivity index (χ1n) is 12.6. The summed E-state index contributed by atoms with van der Waals surface area (Å²) < 4.78 is 38.8. The van der Waals surface area contributed by atoms with Crippen LogP contribution in [0.1, 0.15) is 64.8 Å². The van der Waals surface area contributed by atoms with Crippen LogP contribution in [0.25, 0.3) is 11.3 Å². The molecule has 3 aromatic carbocycles. The fourth-order valence-electron chi connectivity index (χ4n) is 4.07. The molecule has 0 aliphatic heterocycles. The third-order valence-electron chi connectivity index (χ3n) is 6.35. The summed E-state index contributed by atoms with van der Waals surface area (Å²) in [4.78, 5) is 27.7. The van der Waals surface area contributed by atoms with Crippen LogP contribution in [0, 0.1) is 0 Å². The lowest BCUT2D eigenvalue weighted by Gasteiger charge is -2.20. The van der Waals surface area contributed by atoms with Gasteiger partial charge in [-0.3, -0.25) is 9.59 Å². The maximum Gasteiger partial charge on any atom is 0.416 e. The van der Waals surface area contributed by atoms with Gasteiger partial charge in [0.2, 0.25) is 0 Å². The van der Waals surface area contributed by atoms with Gasteiger partial charge in [-0.2, -0.15) is 13.2 Å². The molecular formula is C30H28F3N3O3S. The van der Waals surface area contributed by atoms with Crippen LogP contribution in [-0.2, 0) is 11.0 Å². The number of carboxylic acid groups (broad SMARTS) is 1. The number of hydrogen-bond donors (Lipinski definition) is 3. The van der Waals surface area contributed by atoms with E-state index in [1.165, 1.54) is 29.0 Å². The molecule has 3 N–H and O–H groups in total. The predicted octanol–water partition coefficient (Wildman–Crippen LogP) is 7.36. The molecule has 0 saturated carbocycles. The first kappa shape index (κ1) is 28.8. The molecule has 1 unspecified atom stereocenters. The van der Waals surface area contributed by atoms with Crippen LogP contribution in [0.3, 0.4) is 0 Å². The molecule has 0 fully saturated rings. The van der Waals surface area contributed by atoms with Gasteiger partial charge in [-0.25, -0.2) is 4.98 Å². The predicted molar refractivity (Wildman–Crippen MR) is 150 cm³/mol. The van der Waals surface area contributed by atoms with Gasteiger partial charge in [0, 0.05) is 23.1 Å². The molecule has 0 spiro atoms. The molecule has 208 valence electrons. The third-order valence-corrected chi connectivity index (χ3v) is 7.12. The van der Waals surface area contributed by atoms with E-state index in [9.17, 15) is 22.8 Å². The van der Waals surface area contributed by atoms with Crippen molar-refractivity contribution < 1.29 is 27.9 Å². The number of anilines is 1. The van der Waals surface area contributed by atoms with Gasteiger partial charge in [0.25, 0.3) is 5.91 Å². The Morgan fingerprint density at radius 1 is 0.900 bits per heavy atom. The molecule has 1 atom stereocenters. The van der Waals surface area contributed by atoms with Crippen LogP contribution in [-0.4, -0.2) is 28.5 Å². The zero-order valence-electron chi connectivity index (χ0n) is 21.8. The number of aromatic nitrogens is 1. The highest BCUT2D eigenvalue weighted by atomic mass is 32.1. The largest absolute Gasteiger partial charge is 0.481 e. The van der Waals surface area contributed by atoms with Crippen molar-refractivity contribution in [1.82, 2.24) is 10.3 Å². The fourth-order valence-corrected chi connectivity index (χ4v) is 4.82. The third kappa shape index (κ3) is 7.26. The van der Waals surface area contributed by atoms with Crippen molar-refractivity contribution in [1.29, 1.82) is 0 Å². The summed E-state index contributed by atoms with van der Waals surface area (Å²) >= 11 is 1.34. The molecule has 0 radical (unpaired) electrons. The van der Waals surface area contributed by atoms with Crippen molar-refractivity contribution in [3.63, 3.8) is 0 Å². The molecule has 1 amide bonds. The van der Waals surface area contributed by atoms with Gasteiger partial charge in [0.15, 0.2) is 5.13 Å². The van der Waals surface area contributed by atoms with Crippen LogP contribution >= 0.6 is 11.3 Å². The van der Waals surface area contributed by atoms with Crippen molar-refractivity contribution in [2.45, 2.75) is 38.4 Å². The van der Waals surface area contributed by atoms with Gasteiger partial charge in [-0.15, -0.1) is 11.3 Å². The number of carbonyl (C=O) groups excluding carboxylic acids is 1. The molecule has 6 nitrogen and oxygen atoms in total. The van der Waals surface area contributed by atoms with Crippen LogP contribution in [0.4, 0.5) is 18.3 Å². The van der Waals surface area contributed by atoms with Crippen molar-refractivity contribution in [2.75, 3.05) is 11.9 Å².